The van der Waals surface area contributed by atoms with Crippen molar-refractivity contribution in [2.75, 3.05) is 0 Å². The van der Waals surface area contributed by atoms with Crippen LogP contribution in [0, 0.1) is 0 Å². The van der Waals surface area contributed by atoms with Crippen LogP contribution in [0.1, 0.15) is 39.5 Å². The van der Waals surface area contributed by atoms with E-state index < -0.39 is 0 Å². The van der Waals surface area contributed by atoms with Gasteiger partial charge in [0.25, 0.3) is 0 Å². The fraction of sp³-hybridized carbons (Fsp3) is 0.500. The van der Waals surface area contributed by atoms with E-state index >= 15 is 0 Å². The van der Waals surface area contributed by atoms with E-state index in [1.807, 2.05) is 0 Å². The van der Waals surface area contributed by atoms with Gasteiger partial charge in [0.1, 0.15) is 0 Å². The first-order chi connectivity index (χ1) is 5.88. The molecule has 0 aromatic rings. The number of hydrogen-bond acceptors (Lipinski definition) is 0. The fourth-order valence-electron chi connectivity index (χ4n) is 1.63. The molecular formula is C12H18. The normalized spacial score (nSPS) is 24.8. The van der Waals surface area contributed by atoms with Crippen molar-refractivity contribution in [2.45, 2.75) is 39.5 Å². The highest BCUT2D eigenvalue weighted by molar-refractivity contribution is 5.36. The first kappa shape index (κ1) is 9.31. The van der Waals surface area contributed by atoms with Crippen LogP contribution in [0.2, 0.25) is 0 Å². The lowest BCUT2D eigenvalue weighted by molar-refractivity contribution is 0.932. The van der Waals surface area contributed by atoms with Crippen molar-refractivity contribution in [3.05, 3.63) is 35.5 Å². The highest BCUT2D eigenvalue weighted by Gasteiger charge is 2.10. The van der Waals surface area contributed by atoms with Crippen LogP contribution in [0.4, 0.5) is 0 Å². The zero-order valence-corrected chi connectivity index (χ0v) is 8.14. The van der Waals surface area contributed by atoms with Gasteiger partial charge < -0.3 is 0 Å². The highest BCUT2D eigenvalue weighted by Crippen LogP contribution is 2.29. The van der Waals surface area contributed by atoms with Crippen LogP contribution in [0.25, 0.3) is 0 Å². The molecule has 12 heavy (non-hydrogen) atoms. The molecule has 0 nitrogen and oxygen atoms in total. The summed E-state index contributed by atoms with van der Waals surface area (Å²) in [5, 5.41) is 0. The second-order valence-electron chi connectivity index (χ2n) is 3.20. The van der Waals surface area contributed by atoms with E-state index in [0.717, 1.165) is 6.42 Å². The Morgan fingerprint density at radius 2 is 2.00 bits per heavy atom. The Labute approximate surface area is 75.7 Å². The summed E-state index contributed by atoms with van der Waals surface area (Å²) in [7, 11) is 0. The summed E-state index contributed by atoms with van der Waals surface area (Å²) in [6.07, 6.45) is 13.9. The zero-order chi connectivity index (χ0) is 8.81. The second-order valence-corrected chi connectivity index (χ2v) is 3.20. The molecule has 0 unspecified atom stereocenters. The standard InChI is InChI=1S/C12H18/c1-3-5-6-8-12-10-7-9-11(12)4-2/h4-6,8H,3,7,9-10H2,1-2H3/b6-5-,11-4-,12-8-. The third-order valence-electron chi connectivity index (χ3n) is 2.32. The van der Waals surface area contributed by atoms with E-state index in [9.17, 15) is 0 Å². The summed E-state index contributed by atoms with van der Waals surface area (Å²) in [4.78, 5) is 0. The summed E-state index contributed by atoms with van der Waals surface area (Å²) in [6, 6.07) is 0. The number of allylic oxidation sites excluding steroid dienone is 6. The van der Waals surface area contributed by atoms with Gasteiger partial charge in [-0.1, -0.05) is 31.2 Å². The first-order valence-electron chi connectivity index (χ1n) is 4.89. The molecule has 0 amide bonds. The molecule has 0 heterocycles. The lowest BCUT2D eigenvalue weighted by atomic mass is 10.1. The van der Waals surface area contributed by atoms with Gasteiger partial charge in [-0.3, -0.25) is 0 Å². The molecule has 1 rings (SSSR count). The van der Waals surface area contributed by atoms with Gasteiger partial charge in [-0.05, 0) is 43.8 Å². The van der Waals surface area contributed by atoms with Gasteiger partial charge in [0.2, 0.25) is 0 Å². The molecular weight excluding hydrogens is 144 g/mol. The van der Waals surface area contributed by atoms with Gasteiger partial charge in [-0.25, -0.2) is 0 Å². The Balaban J connectivity index is 2.61. The molecule has 0 aliphatic heterocycles. The van der Waals surface area contributed by atoms with Crippen molar-refractivity contribution in [3.8, 4) is 0 Å². The van der Waals surface area contributed by atoms with Gasteiger partial charge >= 0.3 is 0 Å². The molecule has 0 radical (unpaired) electrons. The van der Waals surface area contributed by atoms with Crippen LogP contribution in [-0.2, 0) is 0 Å². The number of rotatable bonds is 2. The van der Waals surface area contributed by atoms with Crippen LogP contribution in [-0.4, -0.2) is 0 Å². The van der Waals surface area contributed by atoms with Crippen molar-refractivity contribution in [3.63, 3.8) is 0 Å². The van der Waals surface area contributed by atoms with E-state index in [1.54, 1.807) is 11.1 Å². The maximum Gasteiger partial charge on any atom is -0.0273 e. The Kier molecular flexibility index (Phi) is 3.86. The maximum absolute atomic E-state index is 2.27. The molecule has 0 aromatic heterocycles. The van der Waals surface area contributed by atoms with Crippen molar-refractivity contribution >= 4 is 0 Å². The summed E-state index contributed by atoms with van der Waals surface area (Å²) >= 11 is 0. The minimum absolute atomic E-state index is 1.13. The predicted molar refractivity (Wildman–Crippen MR) is 55.1 cm³/mol. The van der Waals surface area contributed by atoms with Crippen molar-refractivity contribution in [1.82, 2.24) is 0 Å². The Bertz CT molecular complexity index is 216. The third-order valence-corrected chi connectivity index (χ3v) is 2.32. The molecule has 0 spiro atoms. The van der Waals surface area contributed by atoms with Crippen molar-refractivity contribution in [2.24, 2.45) is 0 Å². The summed E-state index contributed by atoms with van der Waals surface area (Å²) in [6.45, 7) is 4.30. The molecule has 1 aliphatic carbocycles. The van der Waals surface area contributed by atoms with E-state index in [1.165, 1.54) is 19.3 Å². The van der Waals surface area contributed by atoms with Crippen LogP contribution in [0.5, 0.6) is 0 Å². The van der Waals surface area contributed by atoms with Crippen molar-refractivity contribution < 1.29 is 0 Å². The quantitative estimate of drug-likeness (QED) is 0.575. The van der Waals surface area contributed by atoms with E-state index in [2.05, 4.69) is 38.2 Å². The van der Waals surface area contributed by atoms with Crippen LogP contribution in [0.15, 0.2) is 35.5 Å². The Morgan fingerprint density at radius 1 is 1.25 bits per heavy atom. The summed E-state index contributed by atoms with van der Waals surface area (Å²) in [5.74, 6) is 0. The van der Waals surface area contributed by atoms with Crippen LogP contribution in [0.3, 0.4) is 0 Å². The zero-order valence-electron chi connectivity index (χ0n) is 8.14. The van der Waals surface area contributed by atoms with E-state index in [4.69, 9.17) is 0 Å². The summed E-state index contributed by atoms with van der Waals surface area (Å²) < 4.78 is 0. The van der Waals surface area contributed by atoms with E-state index in [0.29, 0.717) is 0 Å². The largest absolute Gasteiger partial charge is 0.0848 e. The average Bonchev–Trinajstić information content (AvgIpc) is 2.52. The molecule has 0 N–H and O–H groups in total. The molecule has 1 saturated carbocycles. The SMILES string of the molecule is C/C=C1/CCC/C1=C/C=C\CC. The van der Waals surface area contributed by atoms with Gasteiger partial charge in [0.15, 0.2) is 0 Å². The molecule has 0 atom stereocenters. The van der Waals surface area contributed by atoms with Crippen LogP contribution < -0.4 is 0 Å². The van der Waals surface area contributed by atoms with Crippen LogP contribution >= 0.6 is 0 Å². The number of hydrogen-bond donors (Lipinski definition) is 0. The van der Waals surface area contributed by atoms with E-state index in [-0.39, 0.29) is 0 Å². The van der Waals surface area contributed by atoms with Gasteiger partial charge in [0, 0.05) is 0 Å². The topological polar surface area (TPSA) is 0 Å². The highest BCUT2D eigenvalue weighted by atomic mass is 14.2. The second kappa shape index (κ2) is 4.97. The van der Waals surface area contributed by atoms with Gasteiger partial charge in [0.05, 0.1) is 0 Å². The summed E-state index contributed by atoms with van der Waals surface area (Å²) in [5.41, 5.74) is 3.10. The Hall–Kier alpha value is -0.780. The van der Waals surface area contributed by atoms with Gasteiger partial charge in [-0.2, -0.15) is 0 Å². The average molecular weight is 162 g/mol. The minimum atomic E-state index is 1.13. The molecule has 1 aliphatic rings. The smallest absolute Gasteiger partial charge is 0.0273 e. The minimum Gasteiger partial charge on any atom is -0.0848 e. The third kappa shape index (κ3) is 2.37. The lowest BCUT2D eigenvalue weighted by Crippen LogP contribution is -1.75. The maximum atomic E-state index is 2.27. The molecule has 0 bridgehead atoms. The molecule has 0 aromatic carbocycles. The lowest BCUT2D eigenvalue weighted by Gasteiger charge is -1.96. The predicted octanol–water partition coefficient (Wildman–Crippen LogP) is 4.01. The Morgan fingerprint density at radius 3 is 2.67 bits per heavy atom. The molecule has 0 heteroatoms. The monoisotopic (exact) mass is 162 g/mol. The molecule has 0 saturated heterocycles. The molecule has 66 valence electrons. The first-order valence-corrected chi connectivity index (χ1v) is 4.89. The molecule has 1 fully saturated rings. The van der Waals surface area contributed by atoms with Gasteiger partial charge in [-0.15, -0.1) is 0 Å². The van der Waals surface area contributed by atoms with Crippen molar-refractivity contribution in [1.29, 1.82) is 0 Å². The fourth-order valence-corrected chi connectivity index (χ4v) is 1.63.